The van der Waals surface area contributed by atoms with Crippen LogP contribution in [0.3, 0.4) is 0 Å². The van der Waals surface area contributed by atoms with E-state index in [9.17, 15) is 4.39 Å². The van der Waals surface area contributed by atoms with E-state index in [4.69, 9.17) is 22.1 Å². The number of nitrogens with two attached hydrogens (primary N) is 1. The first kappa shape index (κ1) is 14.4. The molecule has 0 saturated heterocycles. The number of rotatable bonds is 3. The standard InChI is InChI=1S/C16H13ClFNO/c17-16-13(6-3-8-14(16)18)11-20-15-9-2-1-5-12(15)7-4-10-19/h1-3,5-6,8-9H,10-11,19H2. The molecule has 0 aromatic heterocycles. The van der Waals surface area contributed by atoms with E-state index in [0.29, 0.717) is 11.3 Å². The van der Waals surface area contributed by atoms with Gasteiger partial charge in [0.1, 0.15) is 18.2 Å². The van der Waals surface area contributed by atoms with Crippen molar-refractivity contribution in [3.63, 3.8) is 0 Å². The summed E-state index contributed by atoms with van der Waals surface area (Å²) in [7, 11) is 0. The predicted octanol–water partition coefficient (Wildman–Crippen LogP) is 3.37. The lowest BCUT2D eigenvalue weighted by Crippen LogP contribution is -1.99. The van der Waals surface area contributed by atoms with Crippen molar-refractivity contribution in [2.75, 3.05) is 6.54 Å². The molecule has 0 unspecified atom stereocenters. The van der Waals surface area contributed by atoms with Crippen LogP contribution in [-0.2, 0) is 6.61 Å². The van der Waals surface area contributed by atoms with Crippen LogP contribution in [0.1, 0.15) is 11.1 Å². The summed E-state index contributed by atoms with van der Waals surface area (Å²) in [4.78, 5) is 0. The number of ether oxygens (including phenoxy) is 1. The quantitative estimate of drug-likeness (QED) is 0.879. The van der Waals surface area contributed by atoms with Crippen LogP contribution in [0.4, 0.5) is 4.39 Å². The van der Waals surface area contributed by atoms with Crippen LogP contribution in [0, 0.1) is 17.7 Å². The first-order valence-corrected chi connectivity index (χ1v) is 6.44. The van der Waals surface area contributed by atoms with Crippen LogP contribution in [0.15, 0.2) is 42.5 Å². The van der Waals surface area contributed by atoms with E-state index in [1.807, 2.05) is 18.2 Å². The molecule has 102 valence electrons. The zero-order valence-corrected chi connectivity index (χ0v) is 11.5. The summed E-state index contributed by atoms with van der Waals surface area (Å²) in [6.45, 7) is 0.460. The molecular weight excluding hydrogens is 277 g/mol. The maximum absolute atomic E-state index is 13.3. The minimum absolute atomic E-state index is 0.0815. The van der Waals surface area contributed by atoms with Crippen molar-refractivity contribution in [1.82, 2.24) is 0 Å². The van der Waals surface area contributed by atoms with E-state index in [2.05, 4.69) is 11.8 Å². The van der Waals surface area contributed by atoms with Gasteiger partial charge in [0.05, 0.1) is 17.1 Å². The highest BCUT2D eigenvalue weighted by Crippen LogP contribution is 2.23. The van der Waals surface area contributed by atoms with Crippen LogP contribution >= 0.6 is 11.6 Å². The van der Waals surface area contributed by atoms with Crippen molar-refractivity contribution in [1.29, 1.82) is 0 Å². The van der Waals surface area contributed by atoms with Gasteiger partial charge in [-0.15, -0.1) is 0 Å². The highest BCUT2D eigenvalue weighted by molar-refractivity contribution is 6.31. The van der Waals surface area contributed by atoms with Gasteiger partial charge in [-0.05, 0) is 18.2 Å². The molecule has 0 fully saturated rings. The van der Waals surface area contributed by atoms with Gasteiger partial charge in [-0.3, -0.25) is 0 Å². The van der Waals surface area contributed by atoms with E-state index in [0.717, 1.165) is 5.56 Å². The Morgan fingerprint density at radius 1 is 1.15 bits per heavy atom. The average molecular weight is 290 g/mol. The molecule has 0 aliphatic heterocycles. The minimum atomic E-state index is -0.455. The summed E-state index contributed by atoms with van der Waals surface area (Å²) in [6, 6.07) is 12.0. The second kappa shape index (κ2) is 6.95. The molecule has 2 N–H and O–H groups in total. The van der Waals surface area contributed by atoms with Crippen molar-refractivity contribution in [2.24, 2.45) is 5.73 Å². The normalized spacial score (nSPS) is 9.75. The molecule has 20 heavy (non-hydrogen) atoms. The molecule has 2 aromatic carbocycles. The number of hydrogen-bond acceptors (Lipinski definition) is 2. The zero-order valence-electron chi connectivity index (χ0n) is 10.7. The number of halogens is 2. The Labute approximate surface area is 122 Å². The average Bonchev–Trinajstić information content (AvgIpc) is 2.47. The van der Waals surface area contributed by atoms with Crippen LogP contribution in [0.2, 0.25) is 5.02 Å². The summed E-state index contributed by atoms with van der Waals surface area (Å²) in [5.41, 5.74) is 6.69. The SMILES string of the molecule is NCC#Cc1ccccc1OCc1cccc(F)c1Cl. The number of para-hydroxylation sites is 1. The molecule has 0 spiro atoms. The molecular formula is C16H13ClFNO. The summed E-state index contributed by atoms with van der Waals surface area (Å²) >= 11 is 5.88. The number of hydrogen-bond donors (Lipinski definition) is 1. The fraction of sp³-hybridized carbons (Fsp3) is 0.125. The third kappa shape index (κ3) is 3.51. The van der Waals surface area contributed by atoms with Crippen LogP contribution in [0.25, 0.3) is 0 Å². The van der Waals surface area contributed by atoms with E-state index < -0.39 is 5.82 Å². The third-order valence-corrected chi connectivity index (χ3v) is 3.05. The second-order valence-corrected chi connectivity index (χ2v) is 4.38. The van der Waals surface area contributed by atoms with Gasteiger partial charge in [0.2, 0.25) is 0 Å². The summed E-state index contributed by atoms with van der Waals surface area (Å²) in [5.74, 6) is 5.87. The Hall–Kier alpha value is -2.02. The largest absolute Gasteiger partial charge is 0.488 e. The van der Waals surface area contributed by atoms with Crippen molar-refractivity contribution in [3.8, 4) is 17.6 Å². The van der Waals surface area contributed by atoms with Gasteiger partial charge >= 0.3 is 0 Å². The molecule has 2 rings (SSSR count). The molecule has 4 heteroatoms. The molecule has 0 aliphatic carbocycles. The second-order valence-electron chi connectivity index (χ2n) is 4.00. The Balaban J connectivity index is 2.17. The van der Waals surface area contributed by atoms with Gasteiger partial charge in [0, 0.05) is 5.56 Å². The molecule has 2 aromatic rings. The maximum Gasteiger partial charge on any atom is 0.142 e. The molecule has 0 radical (unpaired) electrons. The third-order valence-electron chi connectivity index (χ3n) is 2.63. The monoisotopic (exact) mass is 289 g/mol. The van der Waals surface area contributed by atoms with Gasteiger partial charge in [-0.25, -0.2) is 4.39 Å². The van der Waals surface area contributed by atoms with Crippen molar-refractivity contribution < 1.29 is 9.13 Å². The molecule has 0 amide bonds. The Morgan fingerprint density at radius 3 is 2.75 bits per heavy atom. The minimum Gasteiger partial charge on any atom is -0.488 e. The van der Waals surface area contributed by atoms with Crippen molar-refractivity contribution in [2.45, 2.75) is 6.61 Å². The van der Waals surface area contributed by atoms with E-state index in [1.165, 1.54) is 6.07 Å². The van der Waals surface area contributed by atoms with Gasteiger partial charge in [-0.2, -0.15) is 0 Å². The predicted molar refractivity (Wildman–Crippen MR) is 78.1 cm³/mol. The lowest BCUT2D eigenvalue weighted by atomic mass is 10.2. The smallest absolute Gasteiger partial charge is 0.142 e. The highest BCUT2D eigenvalue weighted by Gasteiger charge is 2.07. The highest BCUT2D eigenvalue weighted by atomic mass is 35.5. The maximum atomic E-state index is 13.3. The molecule has 2 nitrogen and oxygen atoms in total. The fourth-order valence-corrected chi connectivity index (χ4v) is 1.84. The summed E-state index contributed by atoms with van der Waals surface area (Å²) in [6.07, 6.45) is 0. The first-order chi connectivity index (χ1) is 9.72. The summed E-state index contributed by atoms with van der Waals surface area (Å²) < 4.78 is 19.0. The lowest BCUT2D eigenvalue weighted by Gasteiger charge is -2.09. The molecule has 0 saturated carbocycles. The van der Waals surface area contributed by atoms with Gasteiger partial charge < -0.3 is 10.5 Å². The van der Waals surface area contributed by atoms with Crippen LogP contribution < -0.4 is 10.5 Å². The van der Waals surface area contributed by atoms with Crippen molar-refractivity contribution >= 4 is 11.6 Å². The molecule has 0 bridgehead atoms. The molecule has 0 heterocycles. The van der Waals surface area contributed by atoms with Gasteiger partial charge in [0.15, 0.2) is 0 Å². The topological polar surface area (TPSA) is 35.2 Å². The van der Waals surface area contributed by atoms with Crippen molar-refractivity contribution in [3.05, 3.63) is 64.4 Å². The lowest BCUT2D eigenvalue weighted by molar-refractivity contribution is 0.305. The Bertz CT molecular complexity index is 661. The number of benzene rings is 2. The van der Waals surface area contributed by atoms with Gasteiger partial charge in [-0.1, -0.05) is 47.7 Å². The Kier molecular flexibility index (Phi) is 5.00. The van der Waals surface area contributed by atoms with E-state index >= 15 is 0 Å². The van der Waals surface area contributed by atoms with E-state index in [1.54, 1.807) is 18.2 Å². The van der Waals surface area contributed by atoms with Crippen LogP contribution in [0.5, 0.6) is 5.75 Å². The molecule has 0 aliphatic rings. The fourth-order valence-electron chi connectivity index (χ4n) is 1.66. The summed E-state index contributed by atoms with van der Waals surface area (Å²) in [5, 5.41) is 0.0815. The first-order valence-electron chi connectivity index (χ1n) is 6.06. The Morgan fingerprint density at radius 2 is 1.95 bits per heavy atom. The van der Waals surface area contributed by atoms with Gasteiger partial charge in [0.25, 0.3) is 0 Å². The zero-order chi connectivity index (χ0) is 14.4. The van der Waals surface area contributed by atoms with Crippen LogP contribution in [-0.4, -0.2) is 6.54 Å². The van der Waals surface area contributed by atoms with E-state index in [-0.39, 0.29) is 18.2 Å². The molecule has 0 atom stereocenters.